The zero-order chi connectivity index (χ0) is 24.5. The molecule has 2 aromatic heterocycles. The summed E-state index contributed by atoms with van der Waals surface area (Å²) in [6, 6.07) is 6.29. The lowest BCUT2D eigenvalue weighted by molar-refractivity contribution is 0.414. The van der Waals surface area contributed by atoms with Gasteiger partial charge in [-0.3, -0.25) is 4.72 Å². The van der Waals surface area contributed by atoms with Gasteiger partial charge in [-0.25, -0.2) is 37.1 Å². The van der Waals surface area contributed by atoms with Crippen molar-refractivity contribution >= 4 is 50.0 Å². The Morgan fingerprint density at radius 3 is 2.59 bits per heavy atom. The van der Waals surface area contributed by atoms with Gasteiger partial charge in [-0.05, 0) is 49.1 Å². The highest BCUT2D eigenvalue weighted by Gasteiger charge is 2.22. The predicted molar refractivity (Wildman–Crippen MR) is 125 cm³/mol. The Morgan fingerprint density at radius 1 is 1.09 bits per heavy atom. The monoisotopic (exact) mass is 504 g/mol. The quantitative estimate of drug-likeness (QED) is 0.281. The molecule has 2 heterocycles. The first kappa shape index (κ1) is 23.6. The number of sulfonamides is 1. The van der Waals surface area contributed by atoms with E-state index in [-0.39, 0.29) is 16.2 Å². The summed E-state index contributed by atoms with van der Waals surface area (Å²) >= 11 is 1.28. The van der Waals surface area contributed by atoms with Crippen molar-refractivity contribution in [2.45, 2.75) is 17.0 Å². The summed E-state index contributed by atoms with van der Waals surface area (Å²) < 4.78 is 63.0. The van der Waals surface area contributed by atoms with Gasteiger partial charge in [0.15, 0.2) is 16.8 Å². The molecular weight excluding hydrogens is 486 g/mol. The average molecular weight is 505 g/mol. The largest absolute Gasteiger partial charge is 0.497 e. The summed E-state index contributed by atoms with van der Waals surface area (Å²) in [5.74, 6) is -1.60. The van der Waals surface area contributed by atoms with Crippen LogP contribution in [0, 0.1) is 18.6 Å². The third kappa shape index (κ3) is 4.56. The predicted octanol–water partition coefficient (Wildman–Crippen LogP) is 4.28. The lowest BCUT2D eigenvalue weighted by Gasteiger charge is -2.15. The highest BCUT2D eigenvalue weighted by Crippen LogP contribution is 2.32. The molecule has 4 aromatic rings. The molecule has 0 atom stereocenters. The number of methoxy groups -OCH3 is 1. The maximum Gasteiger partial charge on any atom is 0.262 e. The van der Waals surface area contributed by atoms with Gasteiger partial charge in [0.05, 0.1) is 23.9 Å². The van der Waals surface area contributed by atoms with Crippen LogP contribution in [-0.4, -0.2) is 41.7 Å². The lowest BCUT2D eigenvalue weighted by Crippen LogP contribution is -2.16. The van der Waals surface area contributed by atoms with Gasteiger partial charge >= 0.3 is 0 Å². The number of hydrogen-bond donors (Lipinski definition) is 2. The number of benzene rings is 2. The van der Waals surface area contributed by atoms with E-state index < -0.39 is 33.0 Å². The number of thioether (sulfide) groups is 1. The van der Waals surface area contributed by atoms with Crippen LogP contribution in [0.3, 0.4) is 0 Å². The molecule has 0 aliphatic carbocycles. The van der Waals surface area contributed by atoms with Gasteiger partial charge in [-0.2, -0.15) is 0 Å². The van der Waals surface area contributed by atoms with Crippen molar-refractivity contribution in [3.63, 3.8) is 0 Å². The second-order valence-corrected chi connectivity index (χ2v) is 9.38. The number of rotatable bonds is 7. The first-order valence-electron chi connectivity index (χ1n) is 9.67. The number of halogens is 2. The van der Waals surface area contributed by atoms with Gasteiger partial charge < -0.3 is 10.1 Å². The van der Waals surface area contributed by atoms with E-state index in [1.165, 1.54) is 49.6 Å². The van der Waals surface area contributed by atoms with Crippen molar-refractivity contribution in [3.05, 3.63) is 60.1 Å². The minimum Gasteiger partial charge on any atom is -0.497 e. The molecule has 0 spiro atoms. The zero-order valence-corrected chi connectivity index (χ0v) is 19.8. The summed E-state index contributed by atoms with van der Waals surface area (Å²) in [6.45, 7) is 1.58. The second kappa shape index (κ2) is 9.35. The van der Waals surface area contributed by atoms with E-state index in [0.29, 0.717) is 22.0 Å². The molecular formula is C21H18F2N6O3S2. The molecule has 176 valence electrons. The summed E-state index contributed by atoms with van der Waals surface area (Å²) in [6.07, 6.45) is 4.44. The molecule has 13 heteroatoms. The van der Waals surface area contributed by atoms with Crippen LogP contribution in [0.25, 0.3) is 11.0 Å². The molecule has 0 fully saturated rings. The molecule has 2 N–H and O–H groups in total. The molecule has 0 radical (unpaired) electrons. The Bertz CT molecular complexity index is 1500. The van der Waals surface area contributed by atoms with Crippen molar-refractivity contribution in [3.8, 4) is 5.75 Å². The maximum atomic E-state index is 15.3. The van der Waals surface area contributed by atoms with Crippen LogP contribution < -0.4 is 14.8 Å². The first-order valence-corrected chi connectivity index (χ1v) is 12.4. The van der Waals surface area contributed by atoms with E-state index in [9.17, 15) is 12.8 Å². The number of hydrogen-bond acceptors (Lipinski definition) is 9. The minimum absolute atomic E-state index is 0.0338. The normalized spacial score (nSPS) is 11.4. The minimum atomic E-state index is -4.18. The van der Waals surface area contributed by atoms with Gasteiger partial charge in [0.25, 0.3) is 10.0 Å². The smallest absolute Gasteiger partial charge is 0.262 e. The fourth-order valence-corrected chi connectivity index (χ4v) is 4.77. The van der Waals surface area contributed by atoms with Crippen molar-refractivity contribution in [2.75, 3.05) is 23.4 Å². The SMILES string of the molecule is COc1ccc(S(=O)(=O)Nc2ccc(F)c(Nc3ncnc4cnc(SC)nc34)c2F)c(C)c1. The van der Waals surface area contributed by atoms with Crippen LogP contribution >= 0.6 is 11.8 Å². The van der Waals surface area contributed by atoms with Crippen LogP contribution in [0.4, 0.5) is 26.0 Å². The molecule has 0 amide bonds. The molecule has 4 rings (SSSR count). The maximum absolute atomic E-state index is 15.3. The van der Waals surface area contributed by atoms with Crippen LogP contribution in [0.1, 0.15) is 5.56 Å². The van der Waals surface area contributed by atoms with Gasteiger partial charge in [0, 0.05) is 0 Å². The molecule has 0 saturated heterocycles. The lowest BCUT2D eigenvalue weighted by atomic mass is 10.2. The molecule has 0 aliphatic heterocycles. The Kier molecular flexibility index (Phi) is 6.48. The highest BCUT2D eigenvalue weighted by atomic mass is 32.2. The van der Waals surface area contributed by atoms with E-state index in [4.69, 9.17) is 4.74 Å². The van der Waals surface area contributed by atoms with Crippen molar-refractivity contribution in [2.24, 2.45) is 0 Å². The van der Waals surface area contributed by atoms with Crippen molar-refractivity contribution in [1.29, 1.82) is 0 Å². The Hall–Kier alpha value is -3.58. The van der Waals surface area contributed by atoms with E-state index in [1.807, 2.05) is 0 Å². The Labute approximate surface area is 198 Å². The fourth-order valence-electron chi connectivity index (χ4n) is 3.14. The summed E-state index contributed by atoms with van der Waals surface area (Å²) in [7, 11) is -2.73. The van der Waals surface area contributed by atoms with E-state index >= 15 is 4.39 Å². The molecule has 34 heavy (non-hydrogen) atoms. The second-order valence-electron chi connectivity index (χ2n) is 6.96. The standard InChI is InChI=1S/C21H18F2N6O3S2/c1-11-8-12(32-2)4-7-16(11)34(30,31)29-14-6-5-13(22)18(17(14)23)27-20-19-15(25-10-26-20)9-24-21(28-19)33-3/h4-10,29H,1-3H3,(H,25,26,27). The Morgan fingerprint density at radius 2 is 1.88 bits per heavy atom. The molecule has 0 saturated carbocycles. The number of nitrogens with one attached hydrogen (secondary N) is 2. The molecule has 0 bridgehead atoms. The number of fused-ring (bicyclic) bond motifs is 1. The van der Waals surface area contributed by atoms with Crippen LogP contribution in [0.2, 0.25) is 0 Å². The molecule has 2 aromatic carbocycles. The number of anilines is 3. The van der Waals surface area contributed by atoms with Crippen LogP contribution in [0.15, 0.2) is 52.9 Å². The van der Waals surface area contributed by atoms with Gasteiger partial charge in [0.1, 0.15) is 34.6 Å². The topological polar surface area (TPSA) is 119 Å². The van der Waals surface area contributed by atoms with E-state index in [2.05, 4.69) is 30.0 Å². The number of ether oxygens (including phenoxy) is 1. The van der Waals surface area contributed by atoms with Crippen molar-refractivity contribution < 1.29 is 21.9 Å². The van der Waals surface area contributed by atoms with Crippen LogP contribution in [-0.2, 0) is 10.0 Å². The van der Waals surface area contributed by atoms with Crippen molar-refractivity contribution in [1.82, 2.24) is 19.9 Å². The summed E-state index contributed by atoms with van der Waals surface area (Å²) in [5, 5.41) is 2.99. The third-order valence-electron chi connectivity index (χ3n) is 4.79. The molecule has 9 nitrogen and oxygen atoms in total. The number of aromatic nitrogens is 4. The highest BCUT2D eigenvalue weighted by molar-refractivity contribution is 7.98. The van der Waals surface area contributed by atoms with E-state index in [0.717, 1.165) is 12.1 Å². The fraction of sp³-hybridized carbons (Fsp3) is 0.143. The Balaban J connectivity index is 1.72. The first-order chi connectivity index (χ1) is 16.2. The average Bonchev–Trinajstić information content (AvgIpc) is 2.83. The van der Waals surface area contributed by atoms with Gasteiger partial charge in [-0.15, -0.1) is 0 Å². The van der Waals surface area contributed by atoms with E-state index in [1.54, 1.807) is 13.2 Å². The third-order valence-corrected chi connectivity index (χ3v) is 6.88. The van der Waals surface area contributed by atoms with Crippen LogP contribution in [0.5, 0.6) is 5.75 Å². The summed E-state index contributed by atoms with van der Waals surface area (Å²) in [4.78, 5) is 16.4. The number of aryl methyl sites for hydroxylation is 1. The molecule has 0 unspecified atom stereocenters. The zero-order valence-electron chi connectivity index (χ0n) is 18.1. The summed E-state index contributed by atoms with van der Waals surface area (Å²) in [5.41, 5.74) is -0.0409. The van der Waals surface area contributed by atoms with Gasteiger partial charge in [0.2, 0.25) is 0 Å². The number of nitrogens with zero attached hydrogens (tertiary/aromatic N) is 4. The molecule has 0 aliphatic rings. The van der Waals surface area contributed by atoms with Gasteiger partial charge in [-0.1, -0.05) is 11.8 Å².